The van der Waals surface area contributed by atoms with Crippen LogP contribution in [-0.2, 0) is 0 Å². The van der Waals surface area contributed by atoms with E-state index in [-0.39, 0.29) is 17.3 Å². The minimum absolute atomic E-state index is 0.140. The average Bonchev–Trinajstić information content (AvgIpc) is 3.38. The average molecular weight is 491 g/mol. The first-order valence-electron chi connectivity index (χ1n) is 10.5. The van der Waals surface area contributed by atoms with Gasteiger partial charge in [0.2, 0.25) is 11.6 Å². The van der Waals surface area contributed by atoms with Gasteiger partial charge < -0.3 is 18.7 Å². The van der Waals surface area contributed by atoms with Gasteiger partial charge in [-0.15, -0.1) is 0 Å². The predicted molar refractivity (Wildman–Crippen MR) is 131 cm³/mol. The molecule has 5 aromatic rings. The maximum absolute atomic E-state index is 13.2. The Labute approximate surface area is 204 Å². The summed E-state index contributed by atoms with van der Waals surface area (Å²) in [7, 11) is 4.58. The number of hydrogen-bond acceptors (Lipinski definition) is 8. The van der Waals surface area contributed by atoms with Crippen molar-refractivity contribution in [2.45, 2.75) is 0 Å². The highest BCUT2D eigenvalue weighted by Crippen LogP contribution is 2.41. The molecule has 0 saturated heterocycles. The Balaban J connectivity index is 1.69. The van der Waals surface area contributed by atoms with E-state index in [0.717, 1.165) is 0 Å². The van der Waals surface area contributed by atoms with Gasteiger partial charge in [-0.25, -0.2) is 0 Å². The third-order valence-electron chi connectivity index (χ3n) is 5.41. The van der Waals surface area contributed by atoms with E-state index in [1.165, 1.54) is 26.0 Å². The molecule has 0 radical (unpaired) electrons. The molecule has 0 unspecified atom stereocenters. The molecule has 9 nitrogen and oxygen atoms in total. The molecule has 0 spiro atoms. The minimum Gasteiger partial charge on any atom is -0.493 e. The molecule has 10 heteroatoms. The monoisotopic (exact) mass is 490 g/mol. The second-order valence-corrected chi connectivity index (χ2v) is 7.86. The fourth-order valence-corrected chi connectivity index (χ4v) is 3.96. The standard InChI is InChI=1S/C25H19ClN4O5/c1-32-19-11-14(12-20(33-2)22(19)34-3)23-27-24(35-29-23)21-17-9-4-5-10-18(17)25(31)30(28-21)16-8-6-7-15(26)13-16/h4-13H,1-3H3. The van der Waals surface area contributed by atoms with Gasteiger partial charge in [0.05, 0.1) is 32.4 Å². The van der Waals surface area contributed by atoms with Crippen molar-refractivity contribution in [2.75, 3.05) is 21.3 Å². The molecule has 5 rings (SSSR count). The van der Waals surface area contributed by atoms with Gasteiger partial charge in [-0.1, -0.05) is 41.0 Å². The number of aromatic nitrogens is 4. The van der Waals surface area contributed by atoms with Crippen LogP contribution in [0.25, 0.3) is 39.4 Å². The summed E-state index contributed by atoms with van der Waals surface area (Å²) in [6.45, 7) is 0. The lowest BCUT2D eigenvalue weighted by molar-refractivity contribution is 0.324. The van der Waals surface area contributed by atoms with Crippen LogP contribution in [0.5, 0.6) is 17.2 Å². The van der Waals surface area contributed by atoms with Gasteiger partial charge in [-0.05, 0) is 36.4 Å². The van der Waals surface area contributed by atoms with Gasteiger partial charge in [0.15, 0.2) is 17.2 Å². The smallest absolute Gasteiger partial charge is 0.279 e. The summed E-state index contributed by atoms with van der Waals surface area (Å²) < 4.78 is 23.1. The van der Waals surface area contributed by atoms with Crippen molar-refractivity contribution >= 4 is 22.4 Å². The molecule has 0 atom stereocenters. The van der Waals surface area contributed by atoms with Crippen molar-refractivity contribution in [2.24, 2.45) is 0 Å². The summed E-state index contributed by atoms with van der Waals surface area (Å²) in [4.78, 5) is 17.8. The molecule has 2 heterocycles. The molecule has 0 N–H and O–H groups in total. The number of fused-ring (bicyclic) bond motifs is 1. The van der Waals surface area contributed by atoms with Crippen LogP contribution in [0.4, 0.5) is 0 Å². The first-order valence-corrected chi connectivity index (χ1v) is 10.8. The van der Waals surface area contributed by atoms with Gasteiger partial charge in [-0.2, -0.15) is 14.8 Å². The van der Waals surface area contributed by atoms with Crippen molar-refractivity contribution < 1.29 is 18.7 Å². The number of ether oxygens (including phenoxy) is 3. The Kier molecular flexibility index (Phi) is 5.84. The lowest BCUT2D eigenvalue weighted by Gasteiger charge is -2.12. The van der Waals surface area contributed by atoms with E-state index in [1.54, 1.807) is 54.6 Å². The molecule has 0 bridgehead atoms. The highest BCUT2D eigenvalue weighted by molar-refractivity contribution is 6.30. The topological polar surface area (TPSA) is 102 Å². The number of rotatable bonds is 6. The van der Waals surface area contributed by atoms with Crippen LogP contribution in [0, 0.1) is 0 Å². The Morgan fingerprint density at radius 3 is 2.26 bits per heavy atom. The number of hydrogen-bond donors (Lipinski definition) is 0. The maximum atomic E-state index is 13.2. The second-order valence-electron chi connectivity index (χ2n) is 7.43. The van der Waals surface area contributed by atoms with Gasteiger partial charge in [0, 0.05) is 16.0 Å². The van der Waals surface area contributed by atoms with Crippen LogP contribution in [0.2, 0.25) is 5.02 Å². The number of methoxy groups -OCH3 is 3. The maximum Gasteiger partial charge on any atom is 0.279 e. The van der Waals surface area contributed by atoms with Crippen LogP contribution in [0.3, 0.4) is 0 Å². The van der Waals surface area contributed by atoms with Crippen molar-refractivity contribution in [3.63, 3.8) is 0 Å². The molecule has 3 aromatic carbocycles. The molecular weight excluding hydrogens is 472 g/mol. The summed E-state index contributed by atoms with van der Waals surface area (Å²) in [6.07, 6.45) is 0. The van der Waals surface area contributed by atoms with Crippen molar-refractivity contribution in [3.8, 4) is 45.9 Å². The summed E-state index contributed by atoms with van der Waals surface area (Å²) in [5, 5.41) is 10.2. The Hall–Kier alpha value is -4.37. The molecular formula is C25H19ClN4O5. The zero-order chi connectivity index (χ0) is 24.5. The molecule has 2 aromatic heterocycles. The zero-order valence-corrected chi connectivity index (χ0v) is 19.7. The SMILES string of the molecule is COc1cc(-c2noc(-c3nn(-c4cccc(Cl)c4)c(=O)c4ccccc34)n2)cc(OC)c1OC. The molecule has 0 saturated carbocycles. The normalized spacial score (nSPS) is 11.0. The van der Waals surface area contributed by atoms with Crippen molar-refractivity contribution in [3.05, 3.63) is 76.0 Å². The van der Waals surface area contributed by atoms with Gasteiger partial charge in [0.25, 0.3) is 11.4 Å². The summed E-state index contributed by atoms with van der Waals surface area (Å²) in [5.41, 5.74) is 1.16. The summed E-state index contributed by atoms with van der Waals surface area (Å²) in [5.74, 6) is 1.77. The van der Waals surface area contributed by atoms with E-state index < -0.39 is 0 Å². The van der Waals surface area contributed by atoms with Crippen LogP contribution in [0.15, 0.2) is 70.0 Å². The first-order chi connectivity index (χ1) is 17.0. The number of benzene rings is 3. The van der Waals surface area contributed by atoms with Crippen LogP contribution in [0.1, 0.15) is 0 Å². The Bertz CT molecular complexity index is 1590. The van der Waals surface area contributed by atoms with Crippen LogP contribution >= 0.6 is 11.6 Å². The van der Waals surface area contributed by atoms with Crippen molar-refractivity contribution in [1.29, 1.82) is 0 Å². The largest absolute Gasteiger partial charge is 0.493 e. The van der Waals surface area contributed by atoms with E-state index >= 15 is 0 Å². The Morgan fingerprint density at radius 2 is 1.60 bits per heavy atom. The second kappa shape index (κ2) is 9.11. The molecule has 0 amide bonds. The van der Waals surface area contributed by atoms with Gasteiger partial charge in [-0.3, -0.25) is 4.79 Å². The minimum atomic E-state index is -0.295. The predicted octanol–water partition coefficient (Wildman–Crippen LogP) is 4.78. The van der Waals surface area contributed by atoms with Gasteiger partial charge >= 0.3 is 0 Å². The van der Waals surface area contributed by atoms with Crippen molar-refractivity contribution in [1.82, 2.24) is 19.9 Å². The molecule has 0 aliphatic rings. The first kappa shape index (κ1) is 22.4. The summed E-state index contributed by atoms with van der Waals surface area (Å²) in [6, 6.07) is 17.4. The lowest BCUT2D eigenvalue weighted by atomic mass is 10.1. The Morgan fingerprint density at radius 1 is 0.886 bits per heavy atom. The van der Waals surface area contributed by atoms with E-state index in [9.17, 15) is 4.79 Å². The molecule has 176 valence electrons. The fourth-order valence-electron chi connectivity index (χ4n) is 3.78. The quantitative estimate of drug-likeness (QED) is 0.335. The third-order valence-corrected chi connectivity index (χ3v) is 5.64. The highest BCUT2D eigenvalue weighted by atomic mass is 35.5. The van der Waals surface area contributed by atoms with Crippen LogP contribution < -0.4 is 19.8 Å². The van der Waals surface area contributed by atoms with E-state index in [0.29, 0.717) is 50.0 Å². The van der Waals surface area contributed by atoms with Crippen LogP contribution in [-0.4, -0.2) is 41.3 Å². The fraction of sp³-hybridized carbons (Fsp3) is 0.120. The lowest BCUT2D eigenvalue weighted by Crippen LogP contribution is -2.22. The van der Waals surface area contributed by atoms with E-state index in [4.69, 9.17) is 30.3 Å². The highest BCUT2D eigenvalue weighted by Gasteiger charge is 2.21. The molecule has 35 heavy (non-hydrogen) atoms. The number of halogens is 1. The van der Waals surface area contributed by atoms with E-state index in [1.807, 2.05) is 6.07 Å². The number of nitrogens with zero attached hydrogens (tertiary/aromatic N) is 4. The zero-order valence-electron chi connectivity index (χ0n) is 19.0. The molecule has 0 fully saturated rings. The third kappa shape index (κ3) is 3.95. The molecule has 0 aliphatic carbocycles. The molecule has 0 aliphatic heterocycles. The van der Waals surface area contributed by atoms with E-state index in [2.05, 4.69) is 15.2 Å². The summed E-state index contributed by atoms with van der Waals surface area (Å²) >= 11 is 6.15. The van der Waals surface area contributed by atoms with Gasteiger partial charge in [0.1, 0.15) is 0 Å².